The van der Waals surface area contributed by atoms with Gasteiger partial charge < -0.3 is 15.2 Å². The number of hydrogen-bond acceptors (Lipinski definition) is 3. The molecule has 96 valence electrons. The Labute approximate surface area is 104 Å². The van der Waals surface area contributed by atoms with Crippen LogP contribution in [0.4, 0.5) is 0 Å². The predicted molar refractivity (Wildman–Crippen MR) is 70.4 cm³/mol. The van der Waals surface area contributed by atoms with Gasteiger partial charge in [-0.3, -0.25) is 0 Å². The van der Waals surface area contributed by atoms with Crippen molar-refractivity contribution in [3.05, 3.63) is 29.8 Å². The Kier molecular flexibility index (Phi) is 6.67. The van der Waals surface area contributed by atoms with Crippen LogP contribution in [0.2, 0.25) is 0 Å². The fourth-order valence-corrected chi connectivity index (χ4v) is 1.50. The molecular weight excluding hydrogens is 214 g/mol. The van der Waals surface area contributed by atoms with Crippen molar-refractivity contribution >= 4 is 0 Å². The van der Waals surface area contributed by atoms with Gasteiger partial charge in [-0.2, -0.15) is 0 Å². The van der Waals surface area contributed by atoms with Gasteiger partial charge in [-0.25, -0.2) is 0 Å². The molecule has 0 aliphatic heterocycles. The fourth-order valence-electron chi connectivity index (χ4n) is 1.50. The maximum atomic E-state index is 5.75. The van der Waals surface area contributed by atoms with Gasteiger partial charge in [0.1, 0.15) is 12.4 Å². The van der Waals surface area contributed by atoms with Gasteiger partial charge >= 0.3 is 0 Å². The number of para-hydroxylation sites is 1. The molecule has 0 saturated carbocycles. The van der Waals surface area contributed by atoms with Crippen molar-refractivity contribution < 1.29 is 9.47 Å². The number of benzene rings is 1. The zero-order valence-corrected chi connectivity index (χ0v) is 10.8. The third kappa shape index (κ3) is 5.20. The Morgan fingerprint density at radius 2 is 1.94 bits per heavy atom. The minimum atomic E-state index is 0.137. The fraction of sp³-hybridized carbons (Fsp3) is 0.571. The molecule has 1 rings (SSSR count). The molecule has 3 heteroatoms. The Bertz CT molecular complexity index is 315. The lowest BCUT2D eigenvalue weighted by Crippen LogP contribution is -2.26. The number of nitrogens with two attached hydrogens (primary N) is 1. The van der Waals surface area contributed by atoms with Gasteiger partial charge in [0.25, 0.3) is 0 Å². The number of rotatable bonds is 8. The lowest BCUT2D eigenvalue weighted by atomic mass is 10.1. The van der Waals surface area contributed by atoms with Crippen molar-refractivity contribution in [2.45, 2.75) is 32.7 Å². The molecule has 1 aromatic carbocycles. The lowest BCUT2D eigenvalue weighted by Gasteiger charge is -2.12. The molecule has 1 atom stereocenters. The summed E-state index contributed by atoms with van der Waals surface area (Å²) in [6.45, 7) is 5.95. The van der Waals surface area contributed by atoms with E-state index in [2.05, 4.69) is 19.9 Å². The van der Waals surface area contributed by atoms with Gasteiger partial charge in [-0.05, 0) is 24.5 Å². The Morgan fingerprint density at radius 1 is 1.18 bits per heavy atom. The van der Waals surface area contributed by atoms with E-state index < -0.39 is 0 Å². The van der Waals surface area contributed by atoms with Gasteiger partial charge in [0, 0.05) is 6.04 Å². The first kappa shape index (κ1) is 14.0. The maximum Gasteiger partial charge on any atom is 0.122 e. The molecule has 0 fully saturated rings. The summed E-state index contributed by atoms with van der Waals surface area (Å²) in [7, 11) is 0. The SMILES string of the molecule is CCc1ccccc1OCCOCC(N)CC. The Morgan fingerprint density at radius 3 is 2.65 bits per heavy atom. The van der Waals surface area contributed by atoms with Gasteiger partial charge in [0.15, 0.2) is 0 Å². The van der Waals surface area contributed by atoms with Gasteiger partial charge in [0.2, 0.25) is 0 Å². The van der Waals surface area contributed by atoms with E-state index in [1.807, 2.05) is 18.2 Å². The number of ether oxygens (including phenoxy) is 2. The van der Waals surface area contributed by atoms with E-state index in [-0.39, 0.29) is 6.04 Å². The van der Waals surface area contributed by atoms with E-state index >= 15 is 0 Å². The minimum Gasteiger partial charge on any atom is -0.491 e. The van der Waals surface area contributed by atoms with E-state index in [9.17, 15) is 0 Å². The van der Waals surface area contributed by atoms with E-state index in [1.165, 1.54) is 5.56 Å². The van der Waals surface area contributed by atoms with Crippen LogP contribution in [0.5, 0.6) is 5.75 Å². The molecule has 1 aromatic rings. The van der Waals surface area contributed by atoms with Crippen LogP contribution >= 0.6 is 0 Å². The van der Waals surface area contributed by atoms with Gasteiger partial charge in [-0.1, -0.05) is 32.0 Å². The molecular formula is C14H23NO2. The molecule has 0 aliphatic carbocycles. The van der Waals surface area contributed by atoms with E-state index in [0.717, 1.165) is 18.6 Å². The second-order valence-electron chi connectivity index (χ2n) is 4.05. The third-order valence-corrected chi connectivity index (χ3v) is 2.70. The number of aryl methyl sites for hydroxylation is 1. The van der Waals surface area contributed by atoms with Crippen LogP contribution in [-0.4, -0.2) is 25.9 Å². The van der Waals surface area contributed by atoms with Crippen molar-refractivity contribution in [1.82, 2.24) is 0 Å². The first-order valence-corrected chi connectivity index (χ1v) is 6.32. The normalized spacial score (nSPS) is 12.4. The molecule has 2 N–H and O–H groups in total. The first-order chi connectivity index (χ1) is 8.27. The van der Waals surface area contributed by atoms with Gasteiger partial charge in [-0.15, -0.1) is 0 Å². The molecule has 3 nitrogen and oxygen atoms in total. The highest BCUT2D eigenvalue weighted by molar-refractivity contribution is 5.33. The molecule has 0 bridgehead atoms. The zero-order chi connectivity index (χ0) is 12.5. The van der Waals surface area contributed by atoms with Crippen molar-refractivity contribution in [3.8, 4) is 5.75 Å². The Hall–Kier alpha value is -1.06. The van der Waals surface area contributed by atoms with E-state index in [1.54, 1.807) is 0 Å². The average Bonchev–Trinajstić information content (AvgIpc) is 2.38. The number of hydrogen-bond donors (Lipinski definition) is 1. The van der Waals surface area contributed by atoms with Gasteiger partial charge in [0.05, 0.1) is 13.2 Å². The van der Waals surface area contributed by atoms with Crippen LogP contribution in [0.3, 0.4) is 0 Å². The van der Waals surface area contributed by atoms with E-state index in [0.29, 0.717) is 19.8 Å². The monoisotopic (exact) mass is 237 g/mol. The second kappa shape index (κ2) is 8.09. The lowest BCUT2D eigenvalue weighted by molar-refractivity contribution is 0.0894. The highest BCUT2D eigenvalue weighted by Gasteiger charge is 2.01. The van der Waals surface area contributed by atoms with Crippen LogP contribution in [-0.2, 0) is 11.2 Å². The summed E-state index contributed by atoms with van der Waals surface area (Å²) >= 11 is 0. The summed E-state index contributed by atoms with van der Waals surface area (Å²) in [5.74, 6) is 0.957. The molecule has 0 aliphatic rings. The average molecular weight is 237 g/mol. The molecule has 0 radical (unpaired) electrons. The molecule has 0 saturated heterocycles. The van der Waals surface area contributed by atoms with Crippen molar-refractivity contribution in [1.29, 1.82) is 0 Å². The quantitative estimate of drug-likeness (QED) is 0.706. The van der Waals surface area contributed by atoms with Crippen LogP contribution < -0.4 is 10.5 Å². The molecule has 0 heterocycles. The zero-order valence-electron chi connectivity index (χ0n) is 10.8. The minimum absolute atomic E-state index is 0.137. The van der Waals surface area contributed by atoms with Crippen LogP contribution in [0.1, 0.15) is 25.8 Å². The first-order valence-electron chi connectivity index (χ1n) is 6.32. The summed E-state index contributed by atoms with van der Waals surface area (Å²) in [6.07, 6.45) is 1.93. The maximum absolute atomic E-state index is 5.75. The summed E-state index contributed by atoms with van der Waals surface area (Å²) in [6, 6.07) is 8.24. The van der Waals surface area contributed by atoms with Crippen LogP contribution in [0, 0.1) is 0 Å². The second-order valence-corrected chi connectivity index (χ2v) is 4.05. The van der Waals surface area contributed by atoms with E-state index in [4.69, 9.17) is 15.2 Å². The topological polar surface area (TPSA) is 44.5 Å². The third-order valence-electron chi connectivity index (χ3n) is 2.70. The summed E-state index contributed by atoms with van der Waals surface area (Å²) in [4.78, 5) is 0. The van der Waals surface area contributed by atoms with Crippen molar-refractivity contribution in [2.24, 2.45) is 5.73 Å². The molecule has 0 amide bonds. The molecule has 1 unspecified atom stereocenters. The summed E-state index contributed by atoms with van der Waals surface area (Å²) < 4.78 is 11.1. The predicted octanol–water partition coefficient (Wildman–Crippen LogP) is 2.38. The highest BCUT2D eigenvalue weighted by atomic mass is 16.5. The molecule has 0 aromatic heterocycles. The summed E-state index contributed by atoms with van der Waals surface area (Å²) in [5.41, 5.74) is 6.98. The largest absolute Gasteiger partial charge is 0.491 e. The molecule has 17 heavy (non-hydrogen) atoms. The molecule has 0 spiro atoms. The smallest absolute Gasteiger partial charge is 0.122 e. The Balaban J connectivity index is 2.22. The van der Waals surface area contributed by atoms with Crippen LogP contribution in [0.15, 0.2) is 24.3 Å². The standard InChI is InChI=1S/C14H23NO2/c1-3-12-7-5-6-8-14(12)17-10-9-16-11-13(15)4-2/h5-8,13H,3-4,9-11,15H2,1-2H3. The highest BCUT2D eigenvalue weighted by Crippen LogP contribution is 2.17. The van der Waals surface area contributed by atoms with Crippen molar-refractivity contribution in [2.75, 3.05) is 19.8 Å². The van der Waals surface area contributed by atoms with Crippen molar-refractivity contribution in [3.63, 3.8) is 0 Å². The summed E-state index contributed by atoms with van der Waals surface area (Å²) in [5, 5.41) is 0. The van der Waals surface area contributed by atoms with Crippen LogP contribution in [0.25, 0.3) is 0 Å².